The Morgan fingerprint density at radius 3 is 3.00 bits per heavy atom. The van der Waals surface area contributed by atoms with Gasteiger partial charge in [0.25, 0.3) is 0 Å². The molecule has 5 heteroatoms. The Morgan fingerprint density at radius 2 is 2.31 bits per heavy atom. The lowest BCUT2D eigenvalue weighted by Gasteiger charge is -2.22. The maximum Gasteiger partial charge on any atom is 0.185 e. The van der Waals surface area contributed by atoms with Crippen molar-refractivity contribution in [1.29, 1.82) is 0 Å². The first-order chi connectivity index (χ1) is 7.61. The summed E-state index contributed by atoms with van der Waals surface area (Å²) in [6.45, 7) is 6.64. The van der Waals surface area contributed by atoms with E-state index >= 15 is 0 Å². The number of hydrogen-bond acceptors (Lipinski definition) is 5. The van der Waals surface area contributed by atoms with E-state index in [9.17, 15) is 4.79 Å². The molecule has 0 spiro atoms. The van der Waals surface area contributed by atoms with E-state index in [4.69, 9.17) is 0 Å². The molecule has 2 heterocycles. The number of aromatic nitrogens is 1. The summed E-state index contributed by atoms with van der Waals surface area (Å²) in [5.41, 5.74) is 0. The van der Waals surface area contributed by atoms with Crippen LogP contribution in [0.5, 0.6) is 0 Å². The van der Waals surface area contributed by atoms with Crippen LogP contribution in [0.3, 0.4) is 0 Å². The van der Waals surface area contributed by atoms with Crippen molar-refractivity contribution >= 4 is 34.5 Å². The minimum atomic E-state index is 0.361. The van der Waals surface area contributed by atoms with E-state index in [1.807, 2.05) is 11.8 Å². The van der Waals surface area contributed by atoms with Crippen molar-refractivity contribution in [2.75, 3.05) is 23.7 Å². The topological polar surface area (TPSA) is 33.2 Å². The van der Waals surface area contributed by atoms with Gasteiger partial charge in [0.1, 0.15) is 0 Å². The predicted molar refractivity (Wildman–Crippen MR) is 70.9 cm³/mol. The highest BCUT2D eigenvalue weighted by Crippen LogP contribution is 2.33. The minimum absolute atomic E-state index is 0.361. The van der Waals surface area contributed by atoms with Crippen LogP contribution < -0.4 is 4.90 Å². The highest BCUT2D eigenvalue weighted by molar-refractivity contribution is 8.00. The molecule has 1 aromatic rings. The number of thioether (sulfide) groups is 1. The Labute approximate surface area is 104 Å². The zero-order chi connectivity index (χ0) is 11.6. The second-order valence-corrected chi connectivity index (χ2v) is 7.35. The lowest BCUT2D eigenvalue weighted by atomic mass is 10.1. The quantitative estimate of drug-likeness (QED) is 0.762. The monoisotopic (exact) mass is 256 g/mol. The van der Waals surface area contributed by atoms with Crippen LogP contribution in [-0.2, 0) is 0 Å². The SMILES string of the molecule is CC1(C)CCN(c2ncc(C=O)s2)CCS1. The summed E-state index contributed by atoms with van der Waals surface area (Å²) in [6.07, 6.45) is 3.70. The van der Waals surface area contributed by atoms with E-state index < -0.39 is 0 Å². The second kappa shape index (κ2) is 4.75. The number of carbonyl (C=O) groups excluding carboxylic acids is 1. The normalized spacial score (nSPS) is 20.5. The van der Waals surface area contributed by atoms with Crippen LogP contribution >= 0.6 is 23.1 Å². The van der Waals surface area contributed by atoms with Crippen LogP contribution in [0.1, 0.15) is 29.9 Å². The van der Waals surface area contributed by atoms with E-state index in [1.54, 1.807) is 6.20 Å². The fourth-order valence-electron chi connectivity index (χ4n) is 1.69. The molecule has 0 unspecified atom stereocenters. The van der Waals surface area contributed by atoms with Crippen molar-refractivity contribution < 1.29 is 4.79 Å². The van der Waals surface area contributed by atoms with Crippen LogP contribution in [0, 0.1) is 0 Å². The van der Waals surface area contributed by atoms with Gasteiger partial charge in [-0.2, -0.15) is 11.8 Å². The molecule has 0 saturated carbocycles. The molecule has 1 aromatic heterocycles. The van der Waals surface area contributed by atoms with Crippen molar-refractivity contribution in [3.05, 3.63) is 11.1 Å². The van der Waals surface area contributed by atoms with Gasteiger partial charge in [0, 0.05) is 23.6 Å². The standard InChI is InChI=1S/C11H16N2OS2/c1-11(2)3-4-13(5-6-15-11)10-12-7-9(8-14)16-10/h7-8H,3-6H2,1-2H3. The summed E-state index contributed by atoms with van der Waals surface area (Å²) in [4.78, 5) is 17.9. The summed E-state index contributed by atoms with van der Waals surface area (Å²) < 4.78 is 0.361. The van der Waals surface area contributed by atoms with Crippen LogP contribution in [0.15, 0.2) is 6.20 Å². The first kappa shape index (κ1) is 11.9. The molecule has 88 valence electrons. The molecule has 1 fully saturated rings. The maximum absolute atomic E-state index is 10.6. The zero-order valence-electron chi connectivity index (χ0n) is 9.60. The Balaban J connectivity index is 2.07. The van der Waals surface area contributed by atoms with Crippen molar-refractivity contribution in [1.82, 2.24) is 4.98 Å². The number of hydrogen-bond donors (Lipinski definition) is 0. The van der Waals surface area contributed by atoms with E-state index in [2.05, 4.69) is 23.7 Å². The van der Waals surface area contributed by atoms with Gasteiger partial charge in [-0.1, -0.05) is 25.2 Å². The molecule has 3 nitrogen and oxygen atoms in total. The number of anilines is 1. The molecule has 1 saturated heterocycles. The molecule has 0 aromatic carbocycles. The van der Waals surface area contributed by atoms with Gasteiger partial charge in [-0.25, -0.2) is 4.98 Å². The highest BCUT2D eigenvalue weighted by Gasteiger charge is 2.24. The summed E-state index contributed by atoms with van der Waals surface area (Å²) in [5, 5.41) is 0.986. The van der Waals surface area contributed by atoms with Crippen LogP contribution in [-0.4, -0.2) is 34.9 Å². The summed E-state index contributed by atoms with van der Waals surface area (Å²) in [7, 11) is 0. The fourth-order valence-corrected chi connectivity index (χ4v) is 3.57. The molecule has 0 radical (unpaired) electrons. The maximum atomic E-state index is 10.6. The molecule has 0 atom stereocenters. The van der Waals surface area contributed by atoms with E-state index in [-0.39, 0.29) is 0 Å². The third-order valence-electron chi connectivity index (χ3n) is 2.74. The molecule has 2 rings (SSSR count). The van der Waals surface area contributed by atoms with Gasteiger partial charge < -0.3 is 4.90 Å². The second-order valence-electron chi connectivity index (χ2n) is 4.51. The lowest BCUT2D eigenvalue weighted by Crippen LogP contribution is -2.26. The number of rotatable bonds is 2. The average molecular weight is 256 g/mol. The molecule has 1 aliphatic heterocycles. The Kier molecular flexibility index (Phi) is 3.54. The largest absolute Gasteiger partial charge is 0.347 e. The number of aldehydes is 1. The fraction of sp³-hybridized carbons (Fsp3) is 0.636. The summed E-state index contributed by atoms with van der Waals surface area (Å²) >= 11 is 3.50. The number of carbonyl (C=O) groups is 1. The molecule has 0 aliphatic carbocycles. The van der Waals surface area contributed by atoms with E-state index in [0.717, 1.165) is 36.7 Å². The summed E-state index contributed by atoms with van der Waals surface area (Å²) in [6, 6.07) is 0. The Morgan fingerprint density at radius 1 is 1.50 bits per heavy atom. The van der Waals surface area contributed by atoms with Crippen molar-refractivity contribution in [3.63, 3.8) is 0 Å². The van der Waals surface area contributed by atoms with E-state index in [1.165, 1.54) is 11.3 Å². The van der Waals surface area contributed by atoms with Gasteiger partial charge in [-0.3, -0.25) is 4.79 Å². The first-order valence-electron chi connectivity index (χ1n) is 5.41. The van der Waals surface area contributed by atoms with Crippen LogP contribution in [0.2, 0.25) is 0 Å². The molecule has 16 heavy (non-hydrogen) atoms. The van der Waals surface area contributed by atoms with E-state index in [0.29, 0.717) is 9.62 Å². The molecule has 0 amide bonds. The average Bonchev–Trinajstić information content (AvgIpc) is 2.64. The highest BCUT2D eigenvalue weighted by atomic mass is 32.2. The zero-order valence-corrected chi connectivity index (χ0v) is 11.2. The molecule has 0 N–H and O–H groups in total. The Hall–Kier alpha value is -0.550. The Bertz CT molecular complexity index is 376. The number of thiazole rings is 1. The smallest absolute Gasteiger partial charge is 0.185 e. The molecule has 1 aliphatic rings. The lowest BCUT2D eigenvalue weighted by molar-refractivity contribution is 0.112. The third kappa shape index (κ3) is 2.77. The predicted octanol–water partition coefficient (Wildman–Crippen LogP) is 2.68. The molecular weight excluding hydrogens is 240 g/mol. The number of nitrogens with zero attached hydrogens (tertiary/aromatic N) is 2. The van der Waals surface area contributed by atoms with Gasteiger partial charge in [0.15, 0.2) is 11.4 Å². The van der Waals surface area contributed by atoms with Gasteiger partial charge in [-0.15, -0.1) is 0 Å². The van der Waals surface area contributed by atoms with Crippen molar-refractivity contribution in [3.8, 4) is 0 Å². The minimum Gasteiger partial charge on any atom is -0.347 e. The first-order valence-corrected chi connectivity index (χ1v) is 7.21. The van der Waals surface area contributed by atoms with Crippen molar-refractivity contribution in [2.45, 2.75) is 25.0 Å². The van der Waals surface area contributed by atoms with Crippen molar-refractivity contribution in [2.24, 2.45) is 0 Å². The van der Waals surface area contributed by atoms with Crippen LogP contribution in [0.25, 0.3) is 0 Å². The van der Waals surface area contributed by atoms with Crippen LogP contribution in [0.4, 0.5) is 5.13 Å². The summed E-state index contributed by atoms with van der Waals surface area (Å²) in [5.74, 6) is 1.13. The molecular formula is C11H16N2OS2. The van der Waals surface area contributed by atoms with Gasteiger partial charge in [0.05, 0.1) is 11.1 Å². The van der Waals surface area contributed by atoms with Gasteiger partial charge in [0.2, 0.25) is 0 Å². The molecule has 0 bridgehead atoms. The van der Waals surface area contributed by atoms with Gasteiger partial charge >= 0.3 is 0 Å². The third-order valence-corrected chi connectivity index (χ3v) is 5.09. The van der Waals surface area contributed by atoms with Gasteiger partial charge in [-0.05, 0) is 6.42 Å².